The average Bonchev–Trinajstić information content (AvgIpc) is 2.65. The first-order valence-electron chi connectivity index (χ1n) is 8.96. The Bertz CT molecular complexity index is 866. The Morgan fingerprint density at radius 1 is 1.00 bits per heavy atom. The van der Waals surface area contributed by atoms with Crippen molar-refractivity contribution in [2.24, 2.45) is 0 Å². The molecule has 28 heavy (non-hydrogen) atoms. The van der Waals surface area contributed by atoms with Crippen molar-refractivity contribution in [3.8, 4) is 11.5 Å². The second-order valence-electron chi connectivity index (χ2n) is 6.63. The molecule has 0 aromatic heterocycles. The van der Waals surface area contributed by atoms with Crippen molar-refractivity contribution in [3.63, 3.8) is 0 Å². The fraction of sp³-hybridized carbons (Fsp3) is 0.273. The molecule has 0 saturated carbocycles. The van der Waals surface area contributed by atoms with Crippen molar-refractivity contribution in [1.82, 2.24) is 5.32 Å². The van der Waals surface area contributed by atoms with Crippen LogP contribution in [0.2, 0.25) is 0 Å². The minimum atomic E-state index is -0.277. The molecule has 0 fully saturated rings. The Hall–Kier alpha value is -3.28. The van der Waals surface area contributed by atoms with Crippen LogP contribution >= 0.6 is 0 Å². The molecule has 148 valence electrons. The lowest BCUT2D eigenvalue weighted by Gasteiger charge is -2.11. The van der Waals surface area contributed by atoms with Crippen LogP contribution < -0.4 is 20.1 Å². The van der Waals surface area contributed by atoms with Crippen LogP contribution in [0.4, 0.5) is 5.69 Å². The number of benzene rings is 2. The number of hydrogen-bond donors (Lipinski definition) is 2. The number of ether oxygens (including phenoxy) is 2. The van der Waals surface area contributed by atoms with Crippen molar-refractivity contribution in [3.05, 3.63) is 59.2 Å². The lowest BCUT2D eigenvalue weighted by Crippen LogP contribution is -2.30. The summed E-state index contributed by atoms with van der Waals surface area (Å²) in [6, 6.07) is 10.6. The van der Waals surface area contributed by atoms with Gasteiger partial charge in [-0.05, 0) is 68.3 Å². The van der Waals surface area contributed by atoms with Gasteiger partial charge in [-0.2, -0.15) is 0 Å². The van der Waals surface area contributed by atoms with Crippen LogP contribution in [0.25, 0.3) is 6.08 Å². The minimum Gasteiger partial charge on any atom is -0.497 e. The minimum absolute atomic E-state index is 0.0617. The molecule has 0 radical (unpaired) electrons. The Kier molecular flexibility index (Phi) is 7.21. The molecule has 2 N–H and O–H groups in total. The molecule has 0 unspecified atom stereocenters. The molecule has 2 aromatic rings. The summed E-state index contributed by atoms with van der Waals surface area (Å²) in [6.07, 6.45) is 3.11. The van der Waals surface area contributed by atoms with Crippen molar-refractivity contribution in [2.75, 3.05) is 19.5 Å². The van der Waals surface area contributed by atoms with Gasteiger partial charge in [-0.25, -0.2) is 0 Å². The van der Waals surface area contributed by atoms with Crippen LogP contribution in [0.5, 0.6) is 11.5 Å². The summed E-state index contributed by atoms with van der Waals surface area (Å²) < 4.78 is 10.4. The van der Waals surface area contributed by atoms with Gasteiger partial charge in [0.25, 0.3) is 5.91 Å². The molecule has 0 aliphatic heterocycles. The maximum atomic E-state index is 12.2. The highest BCUT2D eigenvalue weighted by molar-refractivity contribution is 6.02. The molecule has 0 atom stereocenters. The van der Waals surface area contributed by atoms with Crippen LogP contribution in [-0.2, 0) is 4.79 Å². The zero-order valence-corrected chi connectivity index (χ0v) is 16.8. The Morgan fingerprint density at radius 3 is 2.18 bits per heavy atom. The third kappa shape index (κ3) is 5.87. The SMILES string of the molecule is COc1cc(/C=C/C(=O)Nc2ccc(C(=O)NC(C)C)c(C)c2)cc(OC)c1. The van der Waals surface area contributed by atoms with E-state index in [-0.39, 0.29) is 17.9 Å². The van der Waals surface area contributed by atoms with Gasteiger partial charge in [0.15, 0.2) is 0 Å². The maximum Gasteiger partial charge on any atom is 0.251 e. The number of aryl methyl sites for hydroxylation is 1. The monoisotopic (exact) mass is 382 g/mol. The largest absolute Gasteiger partial charge is 0.497 e. The third-order valence-electron chi connectivity index (χ3n) is 3.96. The zero-order valence-electron chi connectivity index (χ0n) is 16.8. The molecule has 2 rings (SSSR count). The summed E-state index contributed by atoms with van der Waals surface area (Å²) in [6.45, 7) is 5.65. The predicted octanol–water partition coefficient (Wildman–Crippen LogP) is 3.80. The van der Waals surface area contributed by atoms with Crippen LogP contribution in [0, 0.1) is 6.92 Å². The van der Waals surface area contributed by atoms with E-state index in [4.69, 9.17) is 9.47 Å². The summed E-state index contributed by atoms with van der Waals surface area (Å²) in [5, 5.41) is 5.66. The van der Waals surface area contributed by atoms with E-state index in [2.05, 4.69) is 10.6 Å². The number of carbonyl (C=O) groups excluding carboxylic acids is 2. The molecule has 6 nitrogen and oxygen atoms in total. The molecule has 0 spiro atoms. The van der Waals surface area contributed by atoms with Gasteiger partial charge >= 0.3 is 0 Å². The van der Waals surface area contributed by atoms with E-state index in [1.54, 1.807) is 56.7 Å². The standard InChI is InChI=1S/C22H26N2O4/c1-14(2)23-22(26)20-8-7-17(10-15(20)3)24-21(25)9-6-16-11-18(27-4)13-19(12-16)28-5/h6-14H,1-5H3,(H,23,26)(H,24,25)/b9-6+. The molecule has 0 bridgehead atoms. The van der Waals surface area contributed by atoms with Gasteiger partial charge in [-0.3, -0.25) is 9.59 Å². The molecule has 0 saturated heterocycles. The van der Waals surface area contributed by atoms with Gasteiger partial charge < -0.3 is 20.1 Å². The van der Waals surface area contributed by atoms with Gasteiger partial charge in [0.2, 0.25) is 5.91 Å². The van der Waals surface area contributed by atoms with Gasteiger partial charge in [0.05, 0.1) is 14.2 Å². The molecule has 6 heteroatoms. The van der Waals surface area contributed by atoms with E-state index < -0.39 is 0 Å². The Labute approximate surface area is 165 Å². The number of carbonyl (C=O) groups is 2. The smallest absolute Gasteiger partial charge is 0.251 e. The van der Waals surface area contributed by atoms with E-state index >= 15 is 0 Å². The van der Waals surface area contributed by atoms with E-state index in [0.717, 1.165) is 11.1 Å². The second kappa shape index (κ2) is 9.60. The van der Waals surface area contributed by atoms with Crippen molar-refractivity contribution < 1.29 is 19.1 Å². The second-order valence-corrected chi connectivity index (χ2v) is 6.63. The van der Waals surface area contributed by atoms with Crippen LogP contribution in [0.3, 0.4) is 0 Å². The van der Waals surface area contributed by atoms with E-state index in [9.17, 15) is 9.59 Å². The van der Waals surface area contributed by atoms with Crippen molar-refractivity contribution >= 4 is 23.6 Å². The lowest BCUT2D eigenvalue weighted by atomic mass is 10.1. The van der Waals surface area contributed by atoms with E-state index in [1.807, 2.05) is 20.8 Å². The Morgan fingerprint density at radius 2 is 1.64 bits per heavy atom. The zero-order chi connectivity index (χ0) is 20.7. The third-order valence-corrected chi connectivity index (χ3v) is 3.96. The molecule has 0 aliphatic rings. The summed E-state index contributed by atoms with van der Waals surface area (Å²) in [7, 11) is 3.14. The van der Waals surface area contributed by atoms with Crippen LogP contribution in [0.1, 0.15) is 35.3 Å². The molecule has 2 amide bonds. The van der Waals surface area contributed by atoms with E-state index in [1.165, 1.54) is 6.08 Å². The topological polar surface area (TPSA) is 76.7 Å². The van der Waals surface area contributed by atoms with Gasteiger partial charge in [0, 0.05) is 29.4 Å². The molecule has 2 aromatic carbocycles. The summed E-state index contributed by atoms with van der Waals surface area (Å²) in [5.41, 5.74) is 2.78. The first-order chi connectivity index (χ1) is 13.3. The summed E-state index contributed by atoms with van der Waals surface area (Å²) in [4.78, 5) is 24.4. The first kappa shape index (κ1) is 21.0. The van der Waals surface area contributed by atoms with Crippen LogP contribution in [-0.4, -0.2) is 32.1 Å². The number of hydrogen-bond acceptors (Lipinski definition) is 4. The van der Waals surface area contributed by atoms with Crippen molar-refractivity contribution in [1.29, 1.82) is 0 Å². The van der Waals surface area contributed by atoms with Gasteiger partial charge in [0.1, 0.15) is 11.5 Å². The molecule has 0 aliphatic carbocycles. The highest BCUT2D eigenvalue weighted by Crippen LogP contribution is 2.23. The number of rotatable bonds is 7. The summed E-state index contributed by atoms with van der Waals surface area (Å²) in [5.74, 6) is 0.883. The fourth-order valence-electron chi connectivity index (χ4n) is 2.62. The van der Waals surface area contributed by atoms with E-state index in [0.29, 0.717) is 22.7 Å². The lowest BCUT2D eigenvalue weighted by molar-refractivity contribution is -0.111. The normalized spacial score (nSPS) is 10.8. The average molecular weight is 382 g/mol. The summed E-state index contributed by atoms with van der Waals surface area (Å²) >= 11 is 0. The highest BCUT2D eigenvalue weighted by Gasteiger charge is 2.11. The van der Waals surface area contributed by atoms with Crippen molar-refractivity contribution in [2.45, 2.75) is 26.8 Å². The number of nitrogens with one attached hydrogen (secondary N) is 2. The van der Waals surface area contributed by atoms with Crippen LogP contribution in [0.15, 0.2) is 42.5 Å². The Balaban J connectivity index is 2.08. The predicted molar refractivity (Wildman–Crippen MR) is 111 cm³/mol. The number of methoxy groups -OCH3 is 2. The maximum absolute atomic E-state index is 12.2. The highest BCUT2D eigenvalue weighted by atomic mass is 16.5. The van der Waals surface area contributed by atoms with Gasteiger partial charge in [-0.15, -0.1) is 0 Å². The fourth-order valence-corrected chi connectivity index (χ4v) is 2.62. The number of amides is 2. The van der Waals surface area contributed by atoms with Gasteiger partial charge in [-0.1, -0.05) is 0 Å². The quantitative estimate of drug-likeness (QED) is 0.714. The molecular formula is C22H26N2O4. The molecular weight excluding hydrogens is 356 g/mol. The molecule has 0 heterocycles. The first-order valence-corrected chi connectivity index (χ1v) is 8.96. The number of anilines is 1.